The van der Waals surface area contributed by atoms with Crippen LogP contribution >= 0.6 is 0 Å². The minimum Gasteiger partial charge on any atom is -0.461 e. The maximum Gasteiger partial charge on any atom is 0.230 e. The van der Waals surface area contributed by atoms with E-state index in [0.29, 0.717) is 17.5 Å². The highest BCUT2D eigenvalue weighted by molar-refractivity contribution is 5.52. The molecule has 0 aromatic carbocycles. The van der Waals surface area contributed by atoms with Crippen molar-refractivity contribution >= 4 is 11.9 Å². The van der Waals surface area contributed by atoms with Crippen molar-refractivity contribution in [3.8, 4) is 11.6 Å². The van der Waals surface area contributed by atoms with Gasteiger partial charge in [0, 0.05) is 19.6 Å². The predicted molar refractivity (Wildman–Crippen MR) is 77.8 cm³/mol. The largest absolute Gasteiger partial charge is 0.461 e. The summed E-state index contributed by atoms with van der Waals surface area (Å²) in [5.41, 5.74) is 0. The lowest BCUT2D eigenvalue weighted by Crippen LogP contribution is -2.31. The average Bonchev–Trinajstić information content (AvgIpc) is 3.02. The number of nitrogens with zero attached hydrogens (tertiary/aromatic N) is 4. The number of aromatic nitrogens is 3. The summed E-state index contributed by atoms with van der Waals surface area (Å²) in [4.78, 5) is 15.7. The third-order valence-electron chi connectivity index (χ3n) is 3.34. The molecule has 1 saturated heterocycles. The summed E-state index contributed by atoms with van der Waals surface area (Å²) in [6, 6.07) is 3.71. The van der Waals surface area contributed by atoms with Gasteiger partial charge in [-0.25, -0.2) is 0 Å². The summed E-state index contributed by atoms with van der Waals surface area (Å²) >= 11 is 0. The number of anilines is 2. The van der Waals surface area contributed by atoms with Crippen LogP contribution in [0.4, 0.5) is 11.9 Å². The van der Waals surface area contributed by atoms with Gasteiger partial charge >= 0.3 is 0 Å². The molecular weight excluding hydrogens is 254 g/mol. The van der Waals surface area contributed by atoms with Gasteiger partial charge in [0.15, 0.2) is 5.76 Å². The van der Waals surface area contributed by atoms with Gasteiger partial charge in [0.05, 0.1) is 6.26 Å². The molecular formula is C14H19N5O. The summed E-state index contributed by atoms with van der Waals surface area (Å²) in [6.45, 7) is 4.82. The van der Waals surface area contributed by atoms with Crippen molar-refractivity contribution in [1.82, 2.24) is 15.0 Å². The Balaban J connectivity index is 1.95. The van der Waals surface area contributed by atoms with E-state index in [1.165, 1.54) is 19.3 Å². The third-order valence-corrected chi connectivity index (χ3v) is 3.34. The zero-order chi connectivity index (χ0) is 13.8. The zero-order valence-electron chi connectivity index (χ0n) is 11.7. The molecule has 106 valence electrons. The maximum atomic E-state index is 5.40. The molecule has 20 heavy (non-hydrogen) atoms. The molecule has 0 spiro atoms. The van der Waals surface area contributed by atoms with Crippen molar-refractivity contribution in [3.63, 3.8) is 0 Å². The second-order valence-electron chi connectivity index (χ2n) is 4.84. The normalized spacial score (nSPS) is 15.3. The Hall–Kier alpha value is -2.11. The van der Waals surface area contributed by atoms with E-state index < -0.39 is 0 Å². The van der Waals surface area contributed by atoms with E-state index in [1.54, 1.807) is 6.26 Å². The predicted octanol–water partition coefficient (Wildman–Crippen LogP) is 2.55. The molecule has 0 atom stereocenters. The molecule has 1 fully saturated rings. The second-order valence-corrected chi connectivity index (χ2v) is 4.84. The fraction of sp³-hybridized carbons (Fsp3) is 0.500. The Morgan fingerprint density at radius 2 is 2.05 bits per heavy atom. The molecule has 0 bridgehead atoms. The molecule has 0 radical (unpaired) electrons. The van der Waals surface area contributed by atoms with Crippen LogP contribution in [0.15, 0.2) is 22.8 Å². The summed E-state index contributed by atoms with van der Waals surface area (Å²) in [7, 11) is 0. The molecule has 0 amide bonds. The number of rotatable bonds is 4. The van der Waals surface area contributed by atoms with Crippen molar-refractivity contribution in [1.29, 1.82) is 0 Å². The SMILES string of the molecule is CCNc1nc(-c2ccco2)nc(N2CCCCC2)n1. The van der Waals surface area contributed by atoms with Gasteiger partial charge < -0.3 is 14.6 Å². The van der Waals surface area contributed by atoms with E-state index in [1.807, 2.05) is 19.1 Å². The first-order valence-electron chi connectivity index (χ1n) is 7.15. The van der Waals surface area contributed by atoms with Gasteiger partial charge in [0.1, 0.15) is 0 Å². The number of furan rings is 1. The summed E-state index contributed by atoms with van der Waals surface area (Å²) in [5.74, 6) is 2.60. The quantitative estimate of drug-likeness (QED) is 0.923. The van der Waals surface area contributed by atoms with Crippen LogP contribution in [0.25, 0.3) is 11.6 Å². The molecule has 1 aliphatic rings. The summed E-state index contributed by atoms with van der Waals surface area (Å²) in [5, 5.41) is 3.16. The van der Waals surface area contributed by atoms with Gasteiger partial charge in [-0.1, -0.05) is 0 Å². The summed E-state index contributed by atoms with van der Waals surface area (Å²) < 4.78 is 5.40. The Morgan fingerprint density at radius 1 is 1.20 bits per heavy atom. The minimum absolute atomic E-state index is 0.585. The van der Waals surface area contributed by atoms with E-state index in [-0.39, 0.29) is 0 Å². The van der Waals surface area contributed by atoms with Gasteiger partial charge in [-0.2, -0.15) is 15.0 Å². The molecule has 2 aromatic rings. The zero-order valence-corrected chi connectivity index (χ0v) is 11.7. The molecule has 3 heterocycles. The van der Waals surface area contributed by atoms with Crippen LogP contribution in [0.2, 0.25) is 0 Å². The standard InChI is InChI=1S/C14H19N5O/c1-2-15-13-16-12(11-7-6-10-20-11)17-14(18-13)19-8-4-3-5-9-19/h6-7,10H,2-5,8-9H2,1H3,(H,15,16,17,18). The highest BCUT2D eigenvalue weighted by Crippen LogP contribution is 2.22. The molecule has 2 aromatic heterocycles. The van der Waals surface area contributed by atoms with Crippen LogP contribution < -0.4 is 10.2 Å². The Morgan fingerprint density at radius 3 is 2.75 bits per heavy atom. The van der Waals surface area contributed by atoms with E-state index in [2.05, 4.69) is 25.2 Å². The lowest BCUT2D eigenvalue weighted by atomic mass is 10.1. The van der Waals surface area contributed by atoms with Gasteiger partial charge in [-0.15, -0.1) is 0 Å². The van der Waals surface area contributed by atoms with Crippen LogP contribution in [-0.2, 0) is 0 Å². The Kier molecular flexibility index (Phi) is 3.80. The van der Waals surface area contributed by atoms with E-state index in [0.717, 1.165) is 25.6 Å². The van der Waals surface area contributed by atoms with Crippen LogP contribution in [0.1, 0.15) is 26.2 Å². The van der Waals surface area contributed by atoms with Crippen molar-refractivity contribution in [2.24, 2.45) is 0 Å². The van der Waals surface area contributed by atoms with Gasteiger partial charge in [-0.05, 0) is 38.3 Å². The second kappa shape index (κ2) is 5.90. The first-order valence-corrected chi connectivity index (χ1v) is 7.15. The number of hydrogen-bond acceptors (Lipinski definition) is 6. The summed E-state index contributed by atoms with van der Waals surface area (Å²) in [6.07, 6.45) is 5.30. The molecule has 3 rings (SSSR count). The highest BCUT2D eigenvalue weighted by atomic mass is 16.3. The van der Waals surface area contributed by atoms with Crippen molar-refractivity contribution < 1.29 is 4.42 Å². The van der Waals surface area contributed by atoms with Crippen molar-refractivity contribution in [2.75, 3.05) is 29.9 Å². The van der Waals surface area contributed by atoms with E-state index >= 15 is 0 Å². The smallest absolute Gasteiger partial charge is 0.230 e. The van der Waals surface area contributed by atoms with Crippen LogP contribution in [0, 0.1) is 0 Å². The lowest BCUT2D eigenvalue weighted by Gasteiger charge is -2.26. The molecule has 0 saturated carbocycles. The van der Waals surface area contributed by atoms with Crippen molar-refractivity contribution in [2.45, 2.75) is 26.2 Å². The minimum atomic E-state index is 0.585. The molecule has 6 heteroatoms. The lowest BCUT2D eigenvalue weighted by molar-refractivity contribution is 0.563. The topological polar surface area (TPSA) is 67.1 Å². The monoisotopic (exact) mass is 273 g/mol. The third kappa shape index (κ3) is 2.74. The number of piperidine rings is 1. The van der Waals surface area contributed by atoms with E-state index in [9.17, 15) is 0 Å². The first-order chi connectivity index (χ1) is 9.86. The average molecular weight is 273 g/mol. The molecule has 6 nitrogen and oxygen atoms in total. The Bertz CT molecular complexity index is 549. The highest BCUT2D eigenvalue weighted by Gasteiger charge is 2.17. The van der Waals surface area contributed by atoms with Gasteiger partial charge in [0.25, 0.3) is 0 Å². The molecule has 1 aliphatic heterocycles. The molecule has 0 unspecified atom stereocenters. The Labute approximate surface area is 118 Å². The van der Waals surface area contributed by atoms with E-state index in [4.69, 9.17) is 4.42 Å². The number of nitrogens with one attached hydrogen (secondary N) is 1. The van der Waals surface area contributed by atoms with Crippen LogP contribution in [0.5, 0.6) is 0 Å². The van der Waals surface area contributed by atoms with Crippen LogP contribution in [-0.4, -0.2) is 34.6 Å². The fourth-order valence-corrected chi connectivity index (χ4v) is 2.35. The number of hydrogen-bond donors (Lipinski definition) is 1. The van der Waals surface area contributed by atoms with Crippen LogP contribution in [0.3, 0.4) is 0 Å². The van der Waals surface area contributed by atoms with Gasteiger partial charge in [0.2, 0.25) is 17.7 Å². The maximum absolute atomic E-state index is 5.40. The first kappa shape index (κ1) is 12.9. The van der Waals surface area contributed by atoms with Gasteiger partial charge in [-0.3, -0.25) is 0 Å². The molecule has 0 aliphatic carbocycles. The fourth-order valence-electron chi connectivity index (χ4n) is 2.35. The molecule has 1 N–H and O–H groups in total. The van der Waals surface area contributed by atoms with Crippen molar-refractivity contribution in [3.05, 3.63) is 18.4 Å².